The summed E-state index contributed by atoms with van der Waals surface area (Å²) >= 11 is 0. The van der Waals surface area contributed by atoms with Gasteiger partial charge < -0.3 is 24.8 Å². The maximum atomic E-state index is 13.2. The number of alkyl halides is 6. The van der Waals surface area contributed by atoms with Crippen LogP contribution in [-0.2, 0) is 26.7 Å². The molecule has 2 N–H and O–H groups in total. The van der Waals surface area contributed by atoms with Crippen LogP contribution in [0.2, 0.25) is 0 Å². The Morgan fingerprint density at radius 1 is 1.15 bits per heavy atom. The number of nitrogens with zero attached hydrogens (tertiary/aromatic N) is 4. The van der Waals surface area contributed by atoms with E-state index in [0.29, 0.717) is 5.69 Å². The minimum Gasteiger partial charge on any atom is -0.379 e. The highest BCUT2D eigenvalue weighted by Gasteiger charge is 2.42. The molecule has 10 nitrogen and oxygen atoms in total. The van der Waals surface area contributed by atoms with E-state index < -0.39 is 52.7 Å². The predicted octanol–water partition coefficient (Wildman–Crippen LogP) is 2.71. The summed E-state index contributed by atoms with van der Waals surface area (Å²) in [7, 11) is 1.39. The molecule has 2 amide bonds. The van der Waals surface area contributed by atoms with Gasteiger partial charge in [-0.1, -0.05) is 0 Å². The van der Waals surface area contributed by atoms with Gasteiger partial charge in [0.1, 0.15) is 11.6 Å². The number of hydrogen-bond donors (Lipinski definition) is 2. The summed E-state index contributed by atoms with van der Waals surface area (Å²) in [4.78, 5) is 41.7. The van der Waals surface area contributed by atoms with E-state index >= 15 is 0 Å². The Hall–Kier alpha value is -3.82. The van der Waals surface area contributed by atoms with Crippen LogP contribution < -0.4 is 20.7 Å². The van der Waals surface area contributed by atoms with E-state index in [1.807, 2.05) is 0 Å². The molecule has 1 aromatic carbocycles. The summed E-state index contributed by atoms with van der Waals surface area (Å²) in [6.45, 7) is 1.92. The van der Waals surface area contributed by atoms with Gasteiger partial charge in [0, 0.05) is 26.2 Å². The molecule has 0 aliphatic carbocycles. The molecule has 1 saturated heterocycles. The number of halogens is 6. The van der Waals surface area contributed by atoms with Crippen LogP contribution >= 0.6 is 0 Å². The van der Waals surface area contributed by atoms with Crippen LogP contribution in [0.15, 0.2) is 29.2 Å². The number of aromatic nitrogens is 2. The monoisotopic (exact) mass is 576 g/mol. The molecule has 1 aromatic heterocycles. The zero-order valence-corrected chi connectivity index (χ0v) is 21.4. The second-order valence-electron chi connectivity index (χ2n) is 9.50. The summed E-state index contributed by atoms with van der Waals surface area (Å²) in [5.41, 5.74) is -3.53. The van der Waals surface area contributed by atoms with Crippen LogP contribution in [0.25, 0.3) is 0 Å². The van der Waals surface area contributed by atoms with Gasteiger partial charge in [-0.2, -0.15) is 31.4 Å². The van der Waals surface area contributed by atoms with E-state index in [4.69, 9.17) is 4.74 Å². The Balaban J connectivity index is 1.30. The number of rotatable bonds is 7. The first-order valence-corrected chi connectivity index (χ1v) is 12.2. The molecule has 218 valence electrons. The van der Waals surface area contributed by atoms with Crippen molar-refractivity contribution >= 4 is 28.9 Å². The van der Waals surface area contributed by atoms with E-state index in [0.717, 1.165) is 23.2 Å². The maximum Gasteiger partial charge on any atom is 0.423 e. The average Bonchev–Trinajstić information content (AvgIpc) is 2.87. The van der Waals surface area contributed by atoms with Crippen molar-refractivity contribution < 1.29 is 40.7 Å². The third kappa shape index (κ3) is 6.00. The summed E-state index contributed by atoms with van der Waals surface area (Å²) in [6, 6.07) is 1.80. The zero-order valence-electron chi connectivity index (χ0n) is 21.4. The normalized spacial score (nSPS) is 18.4. The summed E-state index contributed by atoms with van der Waals surface area (Å²) in [6.07, 6.45) is -8.66. The molecule has 0 radical (unpaired) electrons. The quantitative estimate of drug-likeness (QED) is 0.385. The van der Waals surface area contributed by atoms with Crippen molar-refractivity contribution in [2.24, 2.45) is 0 Å². The van der Waals surface area contributed by atoms with Crippen molar-refractivity contribution in [2.75, 3.05) is 55.0 Å². The molecule has 0 unspecified atom stereocenters. The Morgan fingerprint density at radius 2 is 1.88 bits per heavy atom. The zero-order chi connectivity index (χ0) is 29.4. The van der Waals surface area contributed by atoms with Crippen LogP contribution in [0.5, 0.6) is 0 Å². The molecule has 2 aliphatic rings. The number of carbonyl (C=O) groups excluding carboxylic acids is 2. The van der Waals surface area contributed by atoms with Crippen molar-refractivity contribution in [3.8, 4) is 0 Å². The number of amides is 2. The Morgan fingerprint density at radius 3 is 2.55 bits per heavy atom. The van der Waals surface area contributed by atoms with Gasteiger partial charge in [0.25, 0.3) is 11.5 Å². The molecule has 4 rings (SSSR count). The molecule has 1 fully saturated rings. The molecule has 0 spiro atoms. The van der Waals surface area contributed by atoms with Crippen LogP contribution in [0.1, 0.15) is 24.5 Å². The number of carbonyl (C=O) groups is 2. The lowest BCUT2D eigenvalue weighted by Crippen LogP contribution is -2.63. The Kier molecular flexibility index (Phi) is 8.01. The fourth-order valence-corrected chi connectivity index (χ4v) is 4.74. The standard InChI is InChI=1S/C24H26F6N6O4/c1-13(32-15-10-31-33-21(38)20(15)24(28,29)30)12-40-8-5-19(37)35-6-7-36-16-4-3-14(23(25,26)27)9-17(16)34(2)22(39)18(36)11-35/h3-4,9-10,13,18H,5-8,11-12H2,1-2H3,(H2,32,33,38)/t13-,18-/m0/s1. The van der Waals surface area contributed by atoms with Crippen molar-refractivity contribution in [1.29, 1.82) is 0 Å². The predicted molar refractivity (Wildman–Crippen MR) is 131 cm³/mol. The fourth-order valence-electron chi connectivity index (χ4n) is 4.74. The van der Waals surface area contributed by atoms with Gasteiger partial charge in [-0.05, 0) is 25.1 Å². The van der Waals surface area contributed by atoms with Gasteiger partial charge in [-0.15, -0.1) is 0 Å². The van der Waals surface area contributed by atoms with Crippen molar-refractivity contribution in [2.45, 2.75) is 37.8 Å². The van der Waals surface area contributed by atoms with E-state index in [1.165, 1.54) is 24.9 Å². The highest BCUT2D eigenvalue weighted by Crippen LogP contribution is 2.41. The largest absolute Gasteiger partial charge is 0.423 e. The molecular formula is C24H26F6N6O4. The summed E-state index contributed by atoms with van der Waals surface area (Å²) < 4.78 is 84.5. The number of anilines is 3. The van der Waals surface area contributed by atoms with Gasteiger partial charge in [-0.3, -0.25) is 14.4 Å². The number of piperazine rings is 1. The van der Waals surface area contributed by atoms with E-state index in [1.54, 1.807) is 10.00 Å². The lowest BCUT2D eigenvalue weighted by molar-refractivity contribution is -0.138. The molecule has 2 aromatic rings. The summed E-state index contributed by atoms with van der Waals surface area (Å²) in [5, 5.41) is 7.66. The number of nitrogens with one attached hydrogen (secondary N) is 2. The number of H-pyrrole nitrogens is 1. The highest BCUT2D eigenvalue weighted by atomic mass is 19.4. The first-order valence-electron chi connectivity index (χ1n) is 12.2. The molecule has 0 bridgehead atoms. The second kappa shape index (κ2) is 11.0. The Bertz CT molecular complexity index is 1330. The molecule has 40 heavy (non-hydrogen) atoms. The summed E-state index contributed by atoms with van der Waals surface area (Å²) in [5.74, 6) is -0.750. The number of fused-ring (bicyclic) bond motifs is 3. The lowest BCUT2D eigenvalue weighted by atomic mass is 10.0. The minimum absolute atomic E-state index is 0.0379. The number of aromatic amines is 1. The lowest BCUT2D eigenvalue weighted by Gasteiger charge is -2.47. The molecule has 2 aliphatic heterocycles. The van der Waals surface area contributed by atoms with E-state index in [-0.39, 0.29) is 50.9 Å². The highest BCUT2D eigenvalue weighted by molar-refractivity contribution is 6.05. The van der Waals surface area contributed by atoms with Crippen molar-refractivity contribution in [1.82, 2.24) is 15.1 Å². The van der Waals surface area contributed by atoms with Gasteiger partial charge in [0.15, 0.2) is 0 Å². The van der Waals surface area contributed by atoms with Crippen LogP contribution in [-0.4, -0.2) is 78.9 Å². The van der Waals surface area contributed by atoms with E-state index in [2.05, 4.69) is 10.4 Å². The first-order chi connectivity index (χ1) is 18.7. The van der Waals surface area contributed by atoms with Gasteiger partial charge in [0.05, 0.1) is 55.0 Å². The fraction of sp³-hybridized carbons (Fsp3) is 0.500. The first kappa shape index (κ1) is 29.2. The van der Waals surface area contributed by atoms with Gasteiger partial charge in [-0.25, -0.2) is 5.10 Å². The average molecular weight is 576 g/mol. The molecular weight excluding hydrogens is 550 g/mol. The third-order valence-electron chi connectivity index (χ3n) is 6.69. The van der Waals surface area contributed by atoms with Crippen molar-refractivity contribution in [3.63, 3.8) is 0 Å². The molecule has 16 heteroatoms. The minimum atomic E-state index is -4.89. The third-order valence-corrected chi connectivity index (χ3v) is 6.69. The number of hydrogen-bond acceptors (Lipinski definition) is 7. The molecule has 3 heterocycles. The SMILES string of the molecule is C[C@@H](COCCC(=O)N1CCN2c3ccc(C(F)(F)F)cc3N(C)C(=O)[C@@H]2C1)Nc1cn[nH]c(=O)c1C(F)(F)F. The Labute approximate surface area is 223 Å². The topological polar surface area (TPSA) is 111 Å². The number of ether oxygens (including phenoxy) is 1. The maximum absolute atomic E-state index is 13.2. The number of benzene rings is 1. The number of likely N-dealkylation sites (N-methyl/N-ethyl adjacent to an activating group) is 1. The van der Waals surface area contributed by atoms with Gasteiger partial charge >= 0.3 is 12.4 Å². The van der Waals surface area contributed by atoms with Gasteiger partial charge in [0.2, 0.25) is 5.91 Å². The molecule has 2 atom stereocenters. The van der Waals surface area contributed by atoms with Crippen LogP contribution in [0, 0.1) is 0 Å². The van der Waals surface area contributed by atoms with E-state index in [9.17, 15) is 40.7 Å². The smallest absolute Gasteiger partial charge is 0.379 e. The van der Waals surface area contributed by atoms with Crippen molar-refractivity contribution in [3.05, 3.63) is 45.9 Å². The molecule has 0 saturated carbocycles. The van der Waals surface area contributed by atoms with Crippen LogP contribution in [0.3, 0.4) is 0 Å². The second-order valence-corrected chi connectivity index (χ2v) is 9.50. The van der Waals surface area contributed by atoms with Crippen LogP contribution in [0.4, 0.5) is 43.4 Å².